The van der Waals surface area contributed by atoms with Crippen molar-refractivity contribution in [1.82, 2.24) is 15.1 Å². The molecule has 24 heavy (non-hydrogen) atoms. The molecule has 4 nitrogen and oxygen atoms in total. The predicted octanol–water partition coefficient (Wildman–Crippen LogP) is 3.98. The summed E-state index contributed by atoms with van der Waals surface area (Å²) in [7, 11) is 2.12. The SMILES string of the molecule is C=CCCCN(C)C(=NCCCCN1CCCC(C)C1)NCC.I. The maximum absolute atomic E-state index is 4.78. The number of piperidine rings is 1. The van der Waals surface area contributed by atoms with Crippen molar-refractivity contribution < 1.29 is 0 Å². The van der Waals surface area contributed by atoms with Crippen molar-refractivity contribution in [2.24, 2.45) is 10.9 Å². The van der Waals surface area contributed by atoms with Crippen molar-refractivity contribution in [3.8, 4) is 0 Å². The van der Waals surface area contributed by atoms with Gasteiger partial charge in [-0.15, -0.1) is 30.6 Å². The molecule has 1 saturated heterocycles. The summed E-state index contributed by atoms with van der Waals surface area (Å²) in [5, 5.41) is 3.40. The first-order chi connectivity index (χ1) is 11.2. The van der Waals surface area contributed by atoms with Crippen LogP contribution in [0, 0.1) is 5.92 Å². The number of likely N-dealkylation sites (tertiary alicyclic amines) is 1. The van der Waals surface area contributed by atoms with Crippen LogP contribution in [0.3, 0.4) is 0 Å². The van der Waals surface area contributed by atoms with Gasteiger partial charge in [0.05, 0.1) is 0 Å². The zero-order valence-electron chi connectivity index (χ0n) is 16.1. The monoisotopic (exact) mass is 450 g/mol. The van der Waals surface area contributed by atoms with E-state index in [4.69, 9.17) is 4.99 Å². The molecule has 0 saturated carbocycles. The Balaban J connectivity index is 0.00000529. The third-order valence-electron chi connectivity index (χ3n) is 4.48. The van der Waals surface area contributed by atoms with Crippen molar-refractivity contribution in [2.75, 3.05) is 46.3 Å². The van der Waals surface area contributed by atoms with E-state index >= 15 is 0 Å². The van der Waals surface area contributed by atoms with Crippen molar-refractivity contribution in [2.45, 2.75) is 52.4 Å². The molecule has 1 unspecified atom stereocenters. The minimum atomic E-state index is 0. The summed E-state index contributed by atoms with van der Waals surface area (Å²) in [6, 6.07) is 0. The van der Waals surface area contributed by atoms with Gasteiger partial charge in [0.25, 0.3) is 0 Å². The molecule has 1 aliphatic heterocycles. The predicted molar refractivity (Wildman–Crippen MR) is 118 cm³/mol. The fourth-order valence-corrected chi connectivity index (χ4v) is 3.17. The Morgan fingerprint density at radius 3 is 2.83 bits per heavy atom. The number of unbranched alkanes of at least 4 members (excludes halogenated alkanes) is 2. The van der Waals surface area contributed by atoms with Crippen LogP contribution in [0.1, 0.15) is 52.4 Å². The van der Waals surface area contributed by atoms with E-state index in [-0.39, 0.29) is 24.0 Å². The van der Waals surface area contributed by atoms with Crippen LogP contribution in [0.5, 0.6) is 0 Å². The van der Waals surface area contributed by atoms with Crippen LogP contribution >= 0.6 is 24.0 Å². The second kappa shape index (κ2) is 15.0. The maximum Gasteiger partial charge on any atom is 0.193 e. The average Bonchev–Trinajstić information content (AvgIpc) is 2.53. The lowest BCUT2D eigenvalue weighted by atomic mass is 10.0. The van der Waals surface area contributed by atoms with E-state index in [0.717, 1.165) is 44.4 Å². The number of rotatable bonds is 10. The van der Waals surface area contributed by atoms with Crippen LogP contribution in [0.4, 0.5) is 0 Å². The van der Waals surface area contributed by atoms with E-state index in [1.807, 2.05) is 6.08 Å². The minimum Gasteiger partial charge on any atom is -0.357 e. The first-order valence-corrected chi connectivity index (χ1v) is 9.50. The Labute approximate surface area is 167 Å². The summed E-state index contributed by atoms with van der Waals surface area (Å²) in [4.78, 5) is 9.64. The topological polar surface area (TPSA) is 30.9 Å². The second-order valence-corrected chi connectivity index (χ2v) is 6.84. The van der Waals surface area contributed by atoms with Crippen molar-refractivity contribution in [3.05, 3.63) is 12.7 Å². The number of nitrogens with zero attached hydrogens (tertiary/aromatic N) is 3. The Morgan fingerprint density at radius 2 is 2.17 bits per heavy atom. The average molecular weight is 450 g/mol. The molecule has 1 rings (SSSR count). The highest BCUT2D eigenvalue weighted by molar-refractivity contribution is 14.0. The molecule has 0 aromatic rings. The number of hydrogen-bond acceptors (Lipinski definition) is 2. The van der Waals surface area contributed by atoms with E-state index in [0.29, 0.717) is 0 Å². The van der Waals surface area contributed by atoms with Crippen LogP contribution in [0.15, 0.2) is 17.6 Å². The van der Waals surface area contributed by atoms with Gasteiger partial charge in [-0.05, 0) is 64.5 Å². The molecule has 0 aliphatic carbocycles. The lowest BCUT2D eigenvalue weighted by Gasteiger charge is -2.30. The first kappa shape index (κ1) is 23.7. The maximum atomic E-state index is 4.78. The summed E-state index contributed by atoms with van der Waals surface area (Å²) in [6.45, 7) is 15.0. The Bertz CT molecular complexity index is 346. The largest absolute Gasteiger partial charge is 0.357 e. The fraction of sp³-hybridized carbons (Fsp3) is 0.842. The highest BCUT2D eigenvalue weighted by Crippen LogP contribution is 2.15. The van der Waals surface area contributed by atoms with E-state index in [1.54, 1.807) is 0 Å². The van der Waals surface area contributed by atoms with Gasteiger partial charge in [-0.25, -0.2) is 0 Å². The molecule has 0 amide bonds. The Kier molecular flexibility index (Phi) is 14.8. The van der Waals surface area contributed by atoms with E-state index < -0.39 is 0 Å². The van der Waals surface area contributed by atoms with Gasteiger partial charge in [-0.1, -0.05) is 13.0 Å². The number of halogens is 1. The lowest BCUT2D eigenvalue weighted by molar-refractivity contribution is 0.181. The van der Waals surface area contributed by atoms with Gasteiger partial charge in [-0.3, -0.25) is 4.99 Å². The number of hydrogen-bond donors (Lipinski definition) is 1. The molecule has 1 fully saturated rings. The van der Waals surface area contributed by atoms with Crippen LogP contribution < -0.4 is 5.32 Å². The lowest BCUT2D eigenvalue weighted by Crippen LogP contribution is -2.39. The molecule has 142 valence electrons. The van der Waals surface area contributed by atoms with Gasteiger partial charge in [0.1, 0.15) is 0 Å². The van der Waals surface area contributed by atoms with Crippen molar-refractivity contribution >= 4 is 29.9 Å². The van der Waals surface area contributed by atoms with Crippen LogP contribution in [-0.4, -0.2) is 62.1 Å². The summed E-state index contributed by atoms with van der Waals surface area (Å²) in [5.74, 6) is 1.93. The van der Waals surface area contributed by atoms with Gasteiger partial charge < -0.3 is 15.1 Å². The Hall–Kier alpha value is -0.300. The molecule has 1 heterocycles. The smallest absolute Gasteiger partial charge is 0.193 e. The third-order valence-corrected chi connectivity index (χ3v) is 4.48. The molecule has 5 heteroatoms. The quantitative estimate of drug-likeness (QED) is 0.180. The van der Waals surface area contributed by atoms with Gasteiger partial charge >= 0.3 is 0 Å². The molecular formula is C19H39IN4. The van der Waals surface area contributed by atoms with E-state index in [1.165, 1.54) is 45.3 Å². The fourth-order valence-electron chi connectivity index (χ4n) is 3.17. The number of aliphatic imine (C=N–C) groups is 1. The molecule has 0 bridgehead atoms. The first-order valence-electron chi connectivity index (χ1n) is 9.50. The molecule has 0 spiro atoms. The molecule has 1 aliphatic rings. The van der Waals surface area contributed by atoms with Gasteiger partial charge in [-0.2, -0.15) is 0 Å². The van der Waals surface area contributed by atoms with Crippen molar-refractivity contribution in [3.63, 3.8) is 0 Å². The van der Waals surface area contributed by atoms with Gasteiger partial charge in [0.2, 0.25) is 0 Å². The normalized spacial score (nSPS) is 18.8. The van der Waals surface area contributed by atoms with Crippen LogP contribution in [-0.2, 0) is 0 Å². The number of nitrogens with one attached hydrogen (secondary N) is 1. The second-order valence-electron chi connectivity index (χ2n) is 6.84. The van der Waals surface area contributed by atoms with Gasteiger partial charge in [0.15, 0.2) is 5.96 Å². The third kappa shape index (κ3) is 10.5. The summed E-state index contributed by atoms with van der Waals surface area (Å²) in [6.07, 6.45) is 9.41. The molecule has 0 aromatic heterocycles. The van der Waals surface area contributed by atoms with Crippen LogP contribution in [0.2, 0.25) is 0 Å². The molecule has 1 atom stereocenters. The highest BCUT2D eigenvalue weighted by Gasteiger charge is 2.15. The summed E-state index contributed by atoms with van der Waals surface area (Å²) in [5.41, 5.74) is 0. The van der Waals surface area contributed by atoms with Gasteiger partial charge in [0, 0.05) is 33.2 Å². The van der Waals surface area contributed by atoms with Crippen LogP contribution in [0.25, 0.3) is 0 Å². The summed E-state index contributed by atoms with van der Waals surface area (Å²) >= 11 is 0. The van der Waals surface area contributed by atoms with E-state index in [9.17, 15) is 0 Å². The van der Waals surface area contributed by atoms with Crippen molar-refractivity contribution in [1.29, 1.82) is 0 Å². The molecule has 0 radical (unpaired) electrons. The number of allylic oxidation sites excluding steroid dienone is 1. The zero-order chi connectivity index (χ0) is 16.9. The summed E-state index contributed by atoms with van der Waals surface area (Å²) < 4.78 is 0. The molecule has 1 N–H and O–H groups in total. The standard InChI is InChI=1S/C19H38N4.HI/c1-5-7-9-14-22(4)19(20-6-2)21-13-8-10-15-23-16-11-12-18(3)17-23;/h5,18H,1,6-17H2,2-4H3,(H,20,21);1H. The molecular weight excluding hydrogens is 411 g/mol. The highest BCUT2D eigenvalue weighted by atomic mass is 127. The number of guanidine groups is 1. The zero-order valence-corrected chi connectivity index (χ0v) is 18.4. The van der Waals surface area contributed by atoms with E-state index in [2.05, 4.69) is 42.6 Å². The minimum absolute atomic E-state index is 0. The Morgan fingerprint density at radius 1 is 1.38 bits per heavy atom. The molecule has 0 aromatic carbocycles.